The minimum Gasteiger partial charge on any atom is -0.382 e. The highest BCUT2D eigenvalue weighted by atomic mass is 32.2. The van der Waals surface area contributed by atoms with Crippen molar-refractivity contribution in [2.45, 2.75) is 11.3 Å². The van der Waals surface area contributed by atoms with Gasteiger partial charge in [0.15, 0.2) is 0 Å². The Balaban J connectivity index is 1.67. The molecule has 0 fully saturated rings. The minimum atomic E-state index is -3.99. The Hall–Kier alpha value is -3.15. The smallest absolute Gasteiger partial charge is 0.323 e. The highest BCUT2D eigenvalue weighted by molar-refractivity contribution is 7.92. The van der Waals surface area contributed by atoms with Gasteiger partial charge in [-0.2, -0.15) is 0 Å². The third-order valence-electron chi connectivity index (χ3n) is 4.40. The van der Waals surface area contributed by atoms with Crippen LogP contribution in [0.4, 0.5) is 5.69 Å². The molecule has 10 nitrogen and oxygen atoms in total. The standard InChI is InChI=1S/C20H24N4O6S/c1-29-11-12-30-10-4-9-21-19(25)15-5-2-3-6-16(15)24-31(27,28)14-7-8-17-18(13-14)23-20(26)22-17/h2-3,5-8,13,24H,4,9-12H2,1H3,(H,21,25)(H2,22,23,26). The van der Waals surface area contributed by atoms with Crippen molar-refractivity contribution in [2.24, 2.45) is 0 Å². The molecule has 0 unspecified atom stereocenters. The van der Waals surface area contributed by atoms with Gasteiger partial charge in [0.1, 0.15) is 0 Å². The summed E-state index contributed by atoms with van der Waals surface area (Å²) >= 11 is 0. The van der Waals surface area contributed by atoms with Gasteiger partial charge in [0.05, 0.1) is 40.4 Å². The van der Waals surface area contributed by atoms with Crippen molar-refractivity contribution in [3.8, 4) is 0 Å². The molecule has 0 radical (unpaired) electrons. The Morgan fingerprint density at radius 3 is 2.61 bits per heavy atom. The van der Waals surface area contributed by atoms with Gasteiger partial charge in [0.2, 0.25) is 0 Å². The molecule has 0 saturated heterocycles. The number of benzene rings is 2. The van der Waals surface area contributed by atoms with Gasteiger partial charge in [-0.15, -0.1) is 0 Å². The number of amides is 1. The SMILES string of the molecule is COCCOCCCNC(=O)c1ccccc1NS(=O)(=O)c1ccc2[nH]c(=O)[nH]c2c1. The number of nitrogens with one attached hydrogen (secondary N) is 4. The second-order valence-electron chi connectivity index (χ2n) is 6.65. The average molecular weight is 449 g/mol. The number of anilines is 1. The van der Waals surface area contributed by atoms with E-state index in [1.807, 2.05) is 0 Å². The first kappa shape index (κ1) is 22.5. The fraction of sp³-hybridized carbons (Fsp3) is 0.300. The van der Waals surface area contributed by atoms with E-state index in [2.05, 4.69) is 20.0 Å². The Bertz CT molecular complexity index is 1200. The summed E-state index contributed by atoms with van der Waals surface area (Å²) in [6.07, 6.45) is 0.609. The quantitative estimate of drug-likeness (QED) is 0.327. The van der Waals surface area contributed by atoms with Crippen LogP contribution >= 0.6 is 0 Å². The summed E-state index contributed by atoms with van der Waals surface area (Å²) in [6.45, 7) is 1.84. The first-order valence-electron chi connectivity index (χ1n) is 9.59. The van der Waals surface area contributed by atoms with Gasteiger partial charge < -0.3 is 24.8 Å². The Morgan fingerprint density at radius 2 is 1.81 bits per heavy atom. The molecule has 1 aromatic heterocycles. The number of carbonyl (C=O) groups excluding carboxylic acids is 1. The number of rotatable bonds is 11. The third kappa shape index (κ3) is 5.94. The highest BCUT2D eigenvalue weighted by Crippen LogP contribution is 2.22. The van der Waals surface area contributed by atoms with Crippen molar-refractivity contribution in [2.75, 3.05) is 38.2 Å². The summed E-state index contributed by atoms with van der Waals surface area (Å²) in [7, 11) is -2.40. The lowest BCUT2D eigenvalue weighted by Crippen LogP contribution is -2.27. The van der Waals surface area contributed by atoms with Gasteiger partial charge in [-0.25, -0.2) is 13.2 Å². The van der Waals surface area contributed by atoms with Crippen LogP contribution < -0.4 is 15.7 Å². The summed E-state index contributed by atoms with van der Waals surface area (Å²) in [4.78, 5) is 29.0. The Labute approximate surface area is 179 Å². The number of H-pyrrole nitrogens is 2. The van der Waals surface area contributed by atoms with Gasteiger partial charge in [-0.05, 0) is 36.8 Å². The topological polar surface area (TPSA) is 142 Å². The van der Waals surface area contributed by atoms with Gasteiger partial charge in [-0.1, -0.05) is 12.1 Å². The van der Waals surface area contributed by atoms with Gasteiger partial charge in [0.25, 0.3) is 15.9 Å². The number of methoxy groups -OCH3 is 1. The van der Waals surface area contributed by atoms with E-state index in [9.17, 15) is 18.0 Å². The van der Waals surface area contributed by atoms with Crippen molar-refractivity contribution in [1.82, 2.24) is 15.3 Å². The maximum absolute atomic E-state index is 12.8. The van der Waals surface area contributed by atoms with Crippen molar-refractivity contribution >= 4 is 32.7 Å². The molecule has 31 heavy (non-hydrogen) atoms. The largest absolute Gasteiger partial charge is 0.382 e. The van der Waals surface area contributed by atoms with Crippen molar-refractivity contribution in [3.63, 3.8) is 0 Å². The number of carbonyl (C=O) groups is 1. The van der Waals surface area contributed by atoms with Crippen LogP contribution in [0, 0.1) is 0 Å². The molecule has 0 aliphatic heterocycles. The maximum Gasteiger partial charge on any atom is 0.323 e. The normalized spacial score (nSPS) is 11.5. The summed E-state index contributed by atoms with van der Waals surface area (Å²) in [6, 6.07) is 10.5. The predicted molar refractivity (Wildman–Crippen MR) is 116 cm³/mol. The molecule has 1 amide bonds. The molecule has 11 heteroatoms. The van der Waals surface area contributed by atoms with Crippen LogP contribution in [0.5, 0.6) is 0 Å². The fourth-order valence-corrected chi connectivity index (χ4v) is 3.97. The molecule has 4 N–H and O–H groups in total. The van der Waals surface area contributed by atoms with Crippen LogP contribution in [0.25, 0.3) is 11.0 Å². The van der Waals surface area contributed by atoms with E-state index in [4.69, 9.17) is 9.47 Å². The lowest BCUT2D eigenvalue weighted by molar-refractivity contribution is 0.0688. The molecule has 0 bridgehead atoms. The van der Waals surface area contributed by atoms with Crippen LogP contribution in [0.1, 0.15) is 16.8 Å². The van der Waals surface area contributed by atoms with Crippen LogP contribution in [-0.2, 0) is 19.5 Å². The summed E-state index contributed by atoms with van der Waals surface area (Å²) in [5.74, 6) is -0.402. The number of aromatic nitrogens is 2. The second-order valence-corrected chi connectivity index (χ2v) is 8.33. The van der Waals surface area contributed by atoms with Gasteiger partial charge in [0, 0.05) is 20.3 Å². The molecule has 0 spiro atoms. The molecule has 0 aliphatic carbocycles. The zero-order chi connectivity index (χ0) is 22.3. The van der Waals surface area contributed by atoms with Crippen LogP contribution in [-0.4, -0.2) is 57.8 Å². The fourth-order valence-electron chi connectivity index (χ4n) is 2.87. The zero-order valence-corrected chi connectivity index (χ0v) is 17.8. The number of hydrogen-bond acceptors (Lipinski definition) is 6. The molecule has 0 aliphatic rings. The van der Waals surface area contributed by atoms with Gasteiger partial charge >= 0.3 is 5.69 Å². The van der Waals surface area contributed by atoms with E-state index < -0.39 is 21.6 Å². The van der Waals surface area contributed by atoms with Crippen molar-refractivity contribution < 1.29 is 22.7 Å². The first-order chi connectivity index (χ1) is 14.9. The van der Waals surface area contributed by atoms with Gasteiger partial charge in [-0.3, -0.25) is 9.52 Å². The molecular weight excluding hydrogens is 424 g/mol. The lowest BCUT2D eigenvalue weighted by Gasteiger charge is -2.13. The second kappa shape index (κ2) is 10.2. The maximum atomic E-state index is 12.8. The Kier molecular flexibility index (Phi) is 7.45. The van der Waals surface area contributed by atoms with E-state index in [-0.39, 0.29) is 16.1 Å². The van der Waals surface area contributed by atoms with Crippen molar-refractivity contribution in [3.05, 3.63) is 58.5 Å². The third-order valence-corrected chi connectivity index (χ3v) is 5.76. The minimum absolute atomic E-state index is 0.0429. The number of imidazole rings is 1. The first-order valence-corrected chi connectivity index (χ1v) is 11.1. The number of sulfonamides is 1. The number of aromatic amines is 2. The Morgan fingerprint density at radius 1 is 1.03 bits per heavy atom. The average Bonchev–Trinajstić information content (AvgIpc) is 3.12. The van der Waals surface area contributed by atoms with E-state index in [0.717, 1.165) is 0 Å². The zero-order valence-electron chi connectivity index (χ0n) is 16.9. The molecule has 0 saturated carbocycles. The molecule has 1 heterocycles. The van der Waals surface area contributed by atoms with E-state index in [1.54, 1.807) is 19.2 Å². The summed E-state index contributed by atoms with van der Waals surface area (Å²) in [5.41, 5.74) is 0.784. The van der Waals surface area contributed by atoms with Crippen molar-refractivity contribution in [1.29, 1.82) is 0 Å². The van der Waals surface area contributed by atoms with Crippen LogP contribution in [0.15, 0.2) is 52.2 Å². The molecule has 0 atom stereocenters. The number of para-hydroxylation sites is 1. The number of hydrogen-bond donors (Lipinski definition) is 4. The highest BCUT2D eigenvalue weighted by Gasteiger charge is 2.19. The molecule has 2 aromatic carbocycles. The molecule has 166 valence electrons. The van der Waals surface area contributed by atoms with E-state index in [0.29, 0.717) is 43.8 Å². The predicted octanol–water partition coefficient (Wildman–Crippen LogP) is 1.44. The lowest BCUT2D eigenvalue weighted by atomic mass is 10.1. The molecule has 3 rings (SSSR count). The monoisotopic (exact) mass is 448 g/mol. The molecule has 3 aromatic rings. The van der Waals surface area contributed by atoms with Crippen LogP contribution in [0.3, 0.4) is 0 Å². The van der Waals surface area contributed by atoms with E-state index >= 15 is 0 Å². The summed E-state index contributed by atoms with van der Waals surface area (Å²) in [5, 5.41) is 2.75. The summed E-state index contributed by atoms with van der Waals surface area (Å²) < 4.78 is 38.4. The van der Waals surface area contributed by atoms with E-state index in [1.165, 1.54) is 30.3 Å². The molecular formula is C20H24N4O6S. The number of ether oxygens (including phenoxy) is 2. The number of fused-ring (bicyclic) bond motifs is 1. The van der Waals surface area contributed by atoms with Crippen LogP contribution in [0.2, 0.25) is 0 Å².